The molecule has 0 spiro atoms. The van der Waals surface area contributed by atoms with Crippen LogP contribution in [0.4, 0.5) is 15.5 Å². The highest BCUT2D eigenvalue weighted by Crippen LogP contribution is 2.36. The fourth-order valence-corrected chi connectivity index (χ4v) is 3.99. The van der Waals surface area contributed by atoms with Crippen LogP contribution in [0.25, 0.3) is 0 Å². The van der Waals surface area contributed by atoms with Crippen LogP contribution in [0.15, 0.2) is 24.3 Å². The smallest absolute Gasteiger partial charge is 0.324 e. The molecule has 30 heavy (non-hydrogen) atoms. The van der Waals surface area contributed by atoms with Gasteiger partial charge in [0, 0.05) is 17.3 Å². The Morgan fingerprint density at radius 1 is 1.17 bits per heavy atom. The largest absolute Gasteiger partial charge is 0.370 e. The number of benzene rings is 1. The number of anilines is 2. The molecular weight excluding hydrogens is 447 g/mol. The van der Waals surface area contributed by atoms with Crippen molar-refractivity contribution in [1.82, 2.24) is 5.32 Å². The van der Waals surface area contributed by atoms with E-state index < -0.39 is 23.9 Å². The molecule has 0 aliphatic heterocycles. The molecule has 0 bridgehead atoms. The van der Waals surface area contributed by atoms with Gasteiger partial charge in [-0.2, -0.15) is 0 Å². The second kappa shape index (κ2) is 9.68. The summed E-state index contributed by atoms with van der Waals surface area (Å²) in [5.74, 6) is -0.925. The van der Waals surface area contributed by atoms with Crippen molar-refractivity contribution in [1.29, 1.82) is 0 Å². The zero-order valence-corrected chi connectivity index (χ0v) is 19.4. The quantitative estimate of drug-likeness (QED) is 0.476. The van der Waals surface area contributed by atoms with Crippen molar-refractivity contribution >= 4 is 63.1 Å². The standard InChI is InChI=1S/C20H24Cl2N4O3S/c1-10(8-15(23)27)24-17(28)11-9-14(20(2,3)4)30-18(11)26-19(29)25-13-7-5-6-12(21)16(13)22/h5-7,9-10H,8H2,1-4H3,(H2,23,27)(H,24,28)(H2,25,26,29). The molecule has 1 aromatic carbocycles. The molecule has 0 fully saturated rings. The lowest BCUT2D eigenvalue weighted by Crippen LogP contribution is -2.36. The number of hydrogen-bond acceptors (Lipinski definition) is 4. The van der Waals surface area contributed by atoms with Crippen LogP contribution in [-0.4, -0.2) is 23.9 Å². The minimum atomic E-state index is -0.569. The molecule has 162 valence electrons. The van der Waals surface area contributed by atoms with E-state index in [-0.39, 0.29) is 16.9 Å². The maximum atomic E-state index is 12.8. The first-order valence-corrected chi connectivity index (χ1v) is 10.7. The zero-order chi connectivity index (χ0) is 22.6. The number of urea groups is 1. The molecule has 0 aliphatic carbocycles. The van der Waals surface area contributed by atoms with Crippen LogP contribution in [0, 0.1) is 0 Å². The topological polar surface area (TPSA) is 113 Å². The minimum Gasteiger partial charge on any atom is -0.370 e. The molecule has 1 unspecified atom stereocenters. The van der Waals surface area contributed by atoms with Gasteiger partial charge in [0.25, 0.3) is 5.91 Å². The number of carbonyl (C=O) groups is 3. The third kappa shape index (κ3) is 6.35. The highest BCUT2D eigenvalue weighted by atomic mass is 35.5. The Labute approximate surface area is 189 Å². The summed E-state index contributed by atoms with van der Waals surface area (Å²) in [4.78, 5) is 37.3. The van der Waals surface area contributed by atoms with Gasteiger partial charge in [-0.25, -0.2) is 4.79 Å². The first-order chi connectivity index (χ1) is 13.9. The number of hydrogen-bond donors (Lipinski definition) is 4. The summed E-state index contributed by atoms with van der Waals surface area (Å²) in [5, 5.41) is 8.96. The van der Waals surface area contributed by atoms with E-state index in [9.17, 15) is 14.4 Å². The van der Waals surface area contributed by atoms with Gasteiger partial charge >= 0.3 is 6.03 Å². The fourth-order valence-electron chi connectivity index (χ4n) is 2.53. The maximum Gasteiger partial charge on any atom is 0.324 e. The highest BCUT2D eigenvalue weighted by Gasteiger charge is 2.25. The van der Waals surface area contributed by atoms with Crippen LogP contribution in [0.1, 0.15) is 49.4 Å². The third-order valence-electron chi connectivity index (χ3n) is 4.03. The summed E-state index contributed by atoms with van der Waals surface area (Å²) in [6.07, 6.45) is 0.0124. The molecule has 4 amide bonds. The molecule has 0 radical (unpaired) electrons. The summed E-state index contributed by atoms with van der Waals surface area (Å²) >= 11 is 13.4. The van der Waals surface area contributed by atoms with Gasteiger partial charge in [0.15, 0.2) is 0 Å². The average molecular weight is 471 g/mol. The number of rotatable bonds is 6. The monoisotopic (exact) mass is 470 g/mol. The molecular formula is C20H24Cl2N4O3S. The van der Waals surface area contributed by atoms with Crippen molar-refractivity contribution in [3.63, 3.8) is 0 Å². The lowest BCUT2D eigenvalue weighted by molar-refractivity contribution is -0.118. The van der Waals surface area contributed by atoms with Crippen molar-refractivity contribution in [2.75, 3.05) is 10.6 Å². The molecule has 0 saturated carbocycles. The molecule has 1 aromatic heterocycles. The maximum absolute atomic E-state index is 12.8. The third-order valence-corrected chi connectivity index (χ3v) is 6.32. The van der Waals surface area contributed by atoms with Crippen molar-refractivity contribution in [2.45, 2.75) is 45.6 Å². The van der Waals surface area contributed by atoms with Gasteiger partial charge in [-0.1, -0.05) is 50.0 Å². The Balaban J connectivity index is 2.26. The predicted molar refractivity (Wildman–Crippen MR) is 123 cm³/mol. The zero-order valence-electron chi connectivity index (χ0n) is 17.1. The molecule has 2 aromatic rings. The van der Waals surface area contributed by atoms with Crippen LogP contribution in [0.2, 0.25) is 10.0 Å². The summed E-state index contributed by atoms with van der Waals surface area (Å²) in [6, 6.07) is 5.60. The lowest BCUT2D eigenvalue weighted by Gasteiger charge is -2.15. The average Bonchev–Trinajstić information content (AvgIpc) is 3.02. The van der Waals surface area contributed by atoms with Crippen molar-refractivity contribution in [3.8, 4) is 0 Å². The number of primary amides is 1. The second-order valence-corrected chi connectivity index (χ2v) is 9.67. The molecule has 1 atom stereocenters. The molecule has 10 heteroatoms. The Hall–Kier alpha value is -2.29. The first-order valence-electron chi connectivity index (χ1n) is 9.14. The van der Waals surface area contributed by atoms with E-state index in [1.807, 2.05) is 20.8 Å². The normalized spacial score (nSPS) is 12.2. The number of thiophene rings is 1. The molecule has 0 aliphatic rings. The van der Waals surface area contributed by atoms with Gasteiger partial charge in [-0.05, 0) is 30.5 Å². The van der Waals surface area contributed by atoms with E-state index >= 15 is 0 Å². The van der Waals surface area contributed by atoms with E-state index in [1.54, 1.807) is 31.2 Å². The van der Waals surface area contributed by atoms with Crippen LogP contribution >= 0.6 is 34.5 Å². The predicted octanol–water partition coefficient (Wildman–Crippen LogP) is 4.99. The summed E-state index contributed by atoms with van der Waals surface area (Å²) in [7, 11) is 0. The number of halogens is 2. The number of carbonyl (C=O) groups excluding carboxylic acids is 3. The minimum absolute atomic E-state index is 0.0124. The Kier molecular flexibility index (Phi) is 7.74. The van der Waals surface area contributed by atoms with Crippen LogP contribution < -0.4 is 21.7 Å². The van der Waals surface area contributed by atoms with E-state index in [2.05, 4.69) is 16.0 Å². The van der Waals surface area contributed by atoms with Crippen LogP contribution in [0.5, 0.6) is 0 Å². The molecule has 0 saturated heterocycles. The summed E-state index contributed by atoms with van der Waals surface area (Å²) in [6.45, 7) is 7.70. The van der Waals surface area contributed by atoms with E-state index in [4.69, 9.17) is 28.9 Å². The van der Waals surface area contributed by atoms with Gasteiger partial charge in [-0.3, -0.25) is 14.9 Å². The summed E-state index contributed by atoms with van der Waals surface area (Å²) in [5.41, 5.74) is 5.60. The van der Waals surface area contributed by atoms with Gasteiger partial charge in [0.1, 0.15) is 5.00 Å². The van der Waals surface area contributed by atoms with Gasteiger partial charge in [-0.15, -0.1) is 11.3 Å². The van der Waals surface area contributed by atoms with Gasteiger partial charge in [0.2, 0.25) is 5.91 Å². The first kappa shape index (κ1) is 24.0. The number of amides is 4. The molecule has 1 heterocycles. The lowest BCUT2D eigenvalue weighted by atomic mass is 9.94. The Bertz CT molecular complexity index is 969. The van der Waals surface area contributed by atoms with Crippen molar-refractivity contribution in [3.05, 3.63) is 44.8 Å². The Morgan fingerprint density at radius 2 is 1.83 bits per heavy atom. The van der Waals surface area contributed by atoms with Crippen LogP contribution in [-0.2, 0) is 10.2 Å². The molecule has 2 rings (SSSR count). The van der Waals surface area contributed by atoms with E-state index in [0.29, 0.717) is 21.3 Å². The van der Waals surface area contributed by atoms with E-state index in [1.165, 1.54) is 11.3 Å². The number of nitrogens with one attached hydrogen (secondary N) is 3. The van der Waals surface area contributed by atoms with Crippen molar-refractivity contribution < 1.29 is 14.4 Å². The highest BCUT2D eigenvalue weighted by molar-refractivity contribution is 7.16. The second-order valence-electron chi connectivity index (χ2n) is 7.83. The number of nitrogens with two attached hydrogens (primary N) is 1. The van der Waals surface area contributed by atoms with Gasteiger partial charge in [0.05, 0.1) is 21.3 Å². The summed E-state index contributed by atoms with van der Waals surface area (Å²) < 4.78 is 0. The van der Waals surface area contributed by atoms with Gasteiger partial charge < -0.3 is 16.4 Å². The fraction of sp³-hybridized carbons (Fsp3) is 0.350. The van der Waals surface area contributed by atoms with Crippen LogP contribution in [0.3, 0.4) is 0 Å². The molecule has 7 nitrogen and oxygen atoms in total. The molecule has 5 N–H and O–H groups in total. The van der Waals surface area contributed by atoms with E-state index in [0.717, 1.165) is 4.88 Å². The Morgan fingerprint density at radius 3 is 2.43 bits per heavy atom. The van der Waals surface area contributed by atoms with Crippen molar-refractivity contribution in [2.24, 2.45) is 5.73 Å². The SMILES string of the molecule is CC(CC(N)=O)NC(=O)c1cc(C(C)(C)C)sc1NC(=O)Nc1cccc(Cl)c1Cl.